The fourth-order valence-electron chi connectivity index (χ4n) is 4.00. The van der Waals surface area contributed by atoms with E-state index < -0.39 is 0 Å². The second-order valence-corrected chi connectivity index (χ2v) is 8.51. The van der Waals surface area contributed by atoms with Crippen LogP contribution in [0.2, 0.25) is 0 Å². The van der Waals surface area contributed by atoms with Crippen LogP contribution in [0.1, 0.15) is 48.0 Å². The summed E-state index contributed by atoms with van der Waals surface area (Å²) in [4.78, 5) is 18.9. The fourth-order valence-corrected chi connectivity index (χ4v) is 4.00. The van der Waals surface area contributed by atoms with Gasteiger partial charge in [0.05, 0.1) is 12.5 Å². The summed E-state index contributed by atoms with van der Waals surface area (Å²) < 4.78 is 16.6. The van der Waals surface area contributed by atoms with Crippen molar-refractivity contribution in [3.63, 3.8) is 0 Å². The van der Waals surface area contributed by atoms with E-state index in [0.29, 0.717) is 50.3 Å². The summed E-state index contributed by atoms with van der Waals surface area (Å²) in [7, 11) is 0. The quantitative estimate of drug-likeness (QED) is 0.650. The Labute approximate surface area is 183 Å². The maximum absolute atomic E-state index is 12.5. The molecule has 2 saturated heterocycles. The molecule has 2 aromatic rings. The maximum Gasteiger partial charge on any atom is 0.317 e. The number of rotatable bonds is 8. The van der Waals surface area contributed by atoms with Gasteiger partial charge in [-0.2, -0.15) is 4.98 Å². The van der Waals surface area contributed by atoms with E-state index in [0.717, 1.165) is 44.6 Å². The van der Waals surface area contributed by atoms with E-state index in [4.69, 9.17) is 14.0 Å². The molecule has 0 bridgehead atoms. The Morgan fingerprint density at radius 3 is 2.84 bits per heavy atom. The van der Waals surface area contributed by atoms with Crippen molar-refractivity contribution in [3.8, 4) is 0 Å². The van der Waals surface area contributed by atoms with Gasteiger partial charge in [0.1, 0.15) is 0 Å². The van der Waals surface area contributed by atoms with Gasteiger partial charge in [0, 0.05) is 45.9 Å². The number of likely N-dealkylation sites (tertiary alicyclic amines) is 1. The molecule has 2 aliphatic heterocycles. The standard InChI is InChI=1S/C23H32N4O4/c1-17-2-4-18(5-3-17)14-24-23(28)27-10-6-20(15-27)22-25-21(26-31-22)9-13-30-16-19-7-11-29-12-8-19/h2-5,19-20H,6-16H2,1H3,(H,24,28). The molecule has 1 unspecified atom stereocenters. The van der Waals surface area contributed by atoms with Gasteiger partial charge in [-0.05, 0) is 37.7 Å². The number of ether oxygens (including phenoxy) is 2. The molecule has 3 heterocycles. The number of aryl methyl sites for hydroxylation is 1. The van der Waals surface area contributed by atoms with Crippen LogP contribution in [0.5, 0.6) is 0 Å². The summed E-state index contributed by atoms with van der Waals surface area (Å²) in [5.41, 5.74) is 2.30. The average Bonchev–Trinajstić information content (AvgIpc) is 3.47. The van der Waals surface area contributed by atoms with Crippen molar-refractivity contribution in [2.75, 3.05) is 39.5 Å². The summed E-state index contributed by atoms with van der Waals surface area (Å²) in [6.07, 6.45) is 3.62. The van der Waals surface area contributed by atoms with Crippen molar-refractivity contribution in [2.45, 2.75) is 45.1 Å². The van der Waals surface area contributed by atoms with Gasteiger partial charge in [-0.1, -0.05) is 35.0 Å². The van der Waals surface area contributed by atoms with Crippen molar-refractivity contribution < 1.29 is 18.8 Å². The summed E-state index contributed by atoms with van der Waals surface area (Å²) in [5.74, 6) is 1.98. The van der Waals surface area contributed by atoms with Crippen molar-refractivity contribution in [1.82, 2.24) is 20.4 Å². The second kappa shape index (κ2) is 10.7. The van der Waals surface area contributed by atoms with E-state index in [1.54, 1.807) is 0 Å². The minimum Gasteiger partial charge on any atom is -0.381 e. The van der Waals surface area contributed by atoms with Crippen molar-refractivity contribution in [3.05, 3.63) is 47.1 Å². The molecule has 1 aromatic carbocycles. The molecule has 0 radical (unpaired) electrons. The molecule has 1 N–H and O–H groups in total. The minimum absolute atomic E-state index is 0.0515. The molecule has 1 atom stereocenters. The third-order valence-corrected chi connectivity index (χ3v) is 6.04. The molecule has 31 heavy (non-hydrogen) atoms. The summed E-state index contributed by atoms with van der Waals surface area (Å²) in [6, 6.07) is 8.13. The van der Waals surface area contributed by atoms with Crippen molar-refractivity contribution in [2.24, 2.45) is 5.92 Å². The van der Waals surface area contributed by atoms with Gasteiger partial charge in [-0.25, -0.2) is 4.79 Å². The van der Waals surface area contributed by atoms with Crippen molar-refractivity contribution in [1.29, 1.82) is 0 Å². The molecule has 8 nitrogen and oxygen atoms in total. The topological polar surface area (TPSA) is 89.7 Å². The zero-order valence-electron chi connectivity index (χ0n) is 18.2. The van der Waals surface area contributed by atoms with Gasteiger partial charge in [0.2, 0.25) is 5.89 Å². The van der Waals surface area contributed by atoms with E-state index in [1.165, 1.54) is 5.56 Å². The van der Waals surface area contributed by atoms with Crippen LogP contribution < -0.4 is 5.32 Å². The zero-order chi connectivity index (χ0) is 21.5. The molecular formula is C23H32N4O4. The SMILES string of the molecule is Cc1ccc(CNC(=O)N2CCC(c3nc(CCOCC4CCOCC4)no3)C2)cc1. The van der Waals surface area contributed by atoms with E-state index in [9.17, 15) is 4.79 Å². The largest absolute Gasteiger partial charge is 0.381 e. The predicted molar refractivity (Wildman–Crippen MR) is 115 cm³/mol. The van der Waals surface area contributed by atoms with E-state index >= 15 is 0 Å². The van der Waals surface area contributed by atoms with Gasteiger partial charge in [-0.15, -0.1) is 0 Å². The first-order valence-electron chi connectivity index (χ1n) is 11.2. The van der Waals surface area contributed by atoms with Gasteiger partial charge < -0.3 is 24.2 Å². The van der Waals surface area contributed by atoms with E-state index in [1.807, 2.05) is 17.0 Å². The Bertz CT molecular complexity index is 832. The number of nitrogens with one attached hydrogen (secondary N) is 1. The van der Waals surface area contributed by atoms with Crippen LogP contribution in [0.25, 0.3) is 0 Å². The smallest absolute Gasteiger partial charge is 0.317 e. The number of carbonyl (C=O) groups excluding carboxylic acids is 1. The highest BCUT2D eigenvalue weighted by atomic mass is 16.5. The highest BCUT2D eigenvalue weighted by Crippen LogP contribution is 2.26. The number of aromatic nitrogens is 2. The average molecular weight is 429 g/mol. The number of hydrogen-bond donors (Lipinski definition) is 1. The third-order valence-electron chi connectivity index (χ3n) is 6.04. The monoisotopic (exact) mass is 428 g/mol. The van der Waals surface area contributed by atoms with Crippen LogP contribution in [0.4, 0.5) is 4.79 Å². The summed E-state index contributed by atoms with van der Waals surface area (Å²) in [5, 5.41) is 7.09. The van der Waals surface area contributed by atoms with Gasteiger partial charge in [0.25, 0.3) is 0 Å². The van der Waals surface area contributed by atoms with Crippen LogP contribution in [0.3, 0.4) is 0 Å². The Morgan fingerprint density at radius 1 is 1.23 bits per heavy atom. The molecule has 2 amide bonds. The number of hydrogen-bond acceptors (Lipinski definition) is 6. The van der Waals surface area contributed by atoms with Crippen LogP contribution in [-0.4, -0.2) is 60.6 Å². The lowest BCUT2D eigenvalue weighted by Gasteiger charge is -2.21. The van der Waals surface area contributed by atoms with Gasteiger partial charge in [0.15, 0.2) is 5.82 Å². The first kappa shape index (κ1) is 21.8. The molecule has 0 spiro atoms. The van der Waals surface area contributed by atoms with Crippen LogP contribution in [0, 0.1) is 12.8 Å². The Morgan fingerprint density at radius 2 is 2.03 bits per heavy atom. The number of amides is 2. The molecule has 2 aliphatic rings. The Kier molecular flexibility index (Phi) is 7.53. The van der Waals surface area contributed by atoms with Crippen molar-refractivity contribution >= 4 is 6.03 Å². The molecule has 4 rings (SSSR count). The number of benzene rings is 1. The molecule has 8 heteroatoms. The lowest BCUT2D eigenvalue weighted by molar-refractivity contribution is 0.0211. The molecule has 168 valence electrons. The van der Waals surface area contributed by atoms with E-state index in [2.05, 4.69) is 34.5 Å². The Balaban J connectivity index is 1.17. The maximum atomic E-state index is 12.5. The molecular weight excluding hydrogens is 396 g/mol. The third kappa shape index (κ3) is 6.27. The highest BCUT2D eigenvalue weighted by Gasteiger charge is 2.31. The molecule has 0 saturated carbocycles. The predicted octanol–water partition coefficient (Wildman–Crippen LogP) is 3.06. The second-order valence-electron chi connectivity index (χ2n) is 8.51. The molecule has 2 fully saturated rings. The number of carbonyl (C=O) groups is 1. The Hall–Kier alpha value is -2.45. The van der Waals surface area contributed by atoms with Crippen LogP contribution in [0.15, 0.2) is 28.8 Å². The number of nitrogens with zero attached hydrogens (tertiary/aromatic N) is 3. The minimum atomic E-state index is -0.0515. The normalized spacial score (nSPS) is 19.6. The molecule has 1 aromatic heterocycles. The summed E-state index contributed by atoms with van der Waals surface area (Å²) in [6.45, 7) is 6.90. The lowest BCUT2D eigenvalue weighted by atomic mass is 10.0. The van der Waals surface area contributed by atoms with Crippen LogP contribution >= 0.6 is 0 Å². The zero-order valence-corrected chi connectivity index (χ0v) is 18.2. The van der Waals surface area contributed by atoms with Gasteiger partial charge >= 0.3 is 6.03 Å². The number of urea groups is 1. The first-order chi connectivity index (χ1) is 15.2. The highest BCUT2D eigenvalue weighted by molar-refractivity contribution is 5.74. The molecule has 0 aliphatic carbocycles. The van der Waals surface area contributed by atoms with Crippen LogP contribution in [-0.2, 0) is 22.4 Å². The lowest BCUT2D eigenvalue weighted by Crippen LogP contribution is -2.37. The van der Waals surface area contributed by atoms with Gasteiger partial charge in [-0.3, -0.25) is 0 Å². The fraction of sp³-hybridized carbons (Fsp3) is 0.609. The first-order valence-corrected chi connectivity index (χ1v) is 11.2. The summed E-state index contributed by atoms with van der Waals surface area (Å²) >= 11 is 0. The van der Waals surface area contributed by atoms with E-state index in [-0.39, 0.29) is 11.9 Å².